The fourth-order valence-electron chi connectivity index (χ4n) is 2.86. The molecule has 2 aromatic rings. The van der Waals surface area contributed by atoms with Crippen LogP contribution < -0.4 is 5.32 Å². The van der Waals surface area contributed by atoms with Gasteiger partial charge in [0.1, 0.15) is 11.6 Å². The fraction of sp³-hybridized carbons (Fsp3) is 0.278. The predicted octanol–water partition coefficient (Wildman–Crippen LogP) is 4.29. The van der Waals surface area contributed by atoms with E-state index in [1.165, 1.54) is 0 Å². The summed E-state index contributed by atoms with van der Waals surface area (Å²) in [5.41, 5.74) is 2.34. The van der Waals surface area contributed by atoms with Gasteiger partial charge in [0.2, 0.25) is 0 Å². The van der Waals surface area contributed by atoms with Gasteiger partial charge in [-0.25, -0.2) is 4.79 Å². The van der Waals surface area contributed by atoms with Crippen molar-refractivity contribution in [2.75, 3.05) is 5.32 Å². The number of nitrogens with one attached hydrogen (secondary N) is 1. The lowest BCUT2D eigenvalue weighted by Gasteiger charge is -2.23. The zero-order valence-corrected chi connectivity index (χ0v) is 13.4. The summed E-state index contributed by atoms with van der Waals surface area (Å²) in [4.78, 5) is 12.2. The Kier molecular flexibility index (Phi) is 3.83. The average molecular weight is 316 g/mol. The summed E-state index contributed by atoms with van der Waals surface area (Å²) >= 11 is 5.97. The minimum absolute atomic E-state index is 0.222. The molecule has 1 aliphatic heterocycles. The van der Waals surface area contributed by atoms with Crippen molar-refractivity contribution in [2.45, 2.75) is 31.9 Å². The number of ether oxygens (including phenoxy) is 1. The maximum atomic E-state index is 12.2. The van der Waals surface area contributed by atoms with Crippen molar-refractivity contribution in [3.8, 4) is 0 Å². The quantitative estimate of drug-likeness (QED) is 0.859. The topological polar surface area (TPSA) is 38.3 Å². The number of anilines is 1. The molecule has 1 aliphatic rings. The Hall–Kier alpha value is -2.00. The molecular weight excluding hydrogens is 298 g/mol. The van der Waals surface area contributed by atoms with Crippen LogP contribution in [0.15, 0.2) is 48.5 Å². The van der Waals surface area contributed by atoms with E-state index in [1.807, 2.05) is 62.4 Å². The maximum absolute atomic E-state index is 12.2. The third-order valence-corrected chi connectivity index (χ3v) is 4.34. The second-order valence-electron chi connectivity index (χ2n) is 5.88. The number of hydrogen-bond donors (Lipinski definition) is 1. The van der Waals surface area contributed by atoms with Gasteiger partial charge in [-0.15, -0.1) is 0 Å². The number of esters is 1. The van der Waals surface area contributed by atoms with Crippen LogP contribution in [0.4, 0.5) is 5.69 Å². The Labute approximate surface area is 135 Å². The summed E-state index contributed by atoms with van der Waals surface area (Å²) in [5, 5.41) is 3.96. The van der Waals surface area contributed by atoms with Gasteiger partial charge in [0.15, 0.2) is 0 Å². The predicted molar refractivity (Wildman–Crippen MR) is 88.1 cm³/mol. The van der Waals surface area contributed by atoms with Gasteiger partial charge in [-0.2, -0.15) is 0 Å². The molecule has 1 heterocycles. The third kappa shape index (κ3) is 2.81. The molecular formula is C18H18ClNO2. The van der Waals surface area contributed by atoms with Crippen molar-refractivity contribution in [1.82, 2.24) is 0 Å². The highest BCUT2D eigenvalue weighted by atomic mass is 35.5. The molecule has 0 radical (unpaired) electrons. The van der Waals surface area contributed by atoms with E-state index in [-0.39, 0.29) is 12.0 Å². The SMILES string of the molecule is Cc1cc(Cl)ccc1NC1CC(C)(c2ccccc2)OC1=O. The smallest absolute Gasteiger partial charge is 0.329 e. The largest absolute Gasteiger partial charge is 0.453 e. The Morgan fingerprint density at radius 1 is 1.23 bits per heavy atom. The molecule has 0 saturated carbocycles. The van der Waals surface area contributed by atoms with Crippen molar-refractivity contribution in [3.05, 3.63) is 64.7 Å². The van der Waals surface area contributed by atoms with E-state index in [0.717, 1.165) is 16.8 Å². The number of aryl methyl sites for hydroxylation is 1. The molecule has 0 amide bonds. The normalized spacial score (nSPS) is 24.1. The van der Waals surface area contributed by atoms with Gasteiger partial charge in [-0.1, -0.05) is 41.9 Å². The van der Waals surface area contributed by atoms with Crippen LogP contribution in [0.2, 0.25) is 5.02 Å². The summed E-state index contributed by atoms with van der Waals surface area (Å²) in [7, 11) is 0. The second kappa shape index (κ2) is 5.65. The van der Waals surface area contributed by atoms with Crippen molar-refractivity contribution in [1.29, 1.82) is 0 Å². The van der Waals surface area contributed by atoms with Crippen molar-refractivity contribution >= 4 is 23.3 Å². The zero-order valence-electron chi connectivity index (χ0n) is 12.6. The molecule has 3 rings (SSSR count). The molecule has 0 spiro atoms. The molecule has 2 aromatic carbocycles. The molecule has 1 saturated heterocycles. The van der Waals surface area contributed by atoms with E-state index < -0.39 is 5.60 Å². The van der Waals surface area contributed by atoms with Crippen LogP contribution in [-0.2, 0) is 15.1 Å². The van der Waals surface area contributed by atoms with Crippen molar-refractivity contribution < 1.29 is 9.53 Å². The van der Waals surface area contributed by atoms with Gasteiger partial charge in [0.05, 0.1) is 0 Å². The van der Waals surface area contributed by atoms with Crippen LogP contribution in [-0.4, -0.2) is 12.0 Å². The Bertz CT molecular complexity index is 701. The molecule has 4 heteroatoms. The van der Waals surface area contributed by atoms with E-state index >= 15 is 0 Å². The molecule has 1 N–H and O–H groups in total. The van der Waals surface area contributed by atoms with Gasteiger partial charge in [-0.05, 0) is 43.2 Å². The second-order valence-corrected chi connectivity index (χ2v) is 6.31. The number of carbonyl (C=O) groups excluding carboxylic acids is 1. The van der Waals surface area contributed by atoms with Crippen LogP contribution >= 0.6 is 11.6 Å². The van der Waals surface area contributed by atoms with Crippen LogP contribution in [0, 0.1) is 6.92 Å². The number of hydrogen-bond acceptors (Lipinski definition) is 3. The first-order valence-corrected chi connectivity index (χ1v) is 7.67. The molecule has 114 valence electrons. The van der Waals surface area contributed by atoms with Gasteiger partial charge < -0.3 is 10.1 Å². The molecule has 2 atom stereocenters. The standard InChI is InChI=1S/C18H18ClNO2/c1-12-10-14(19)8-9-15(12)20-16-11-18(2,22-17(16)21)13-6-4-3-5-7-13/h3-10,16,20H,11H2,1-2H3. The van der Waals surface area contributed by atoms with Crippen LogP contribution in [0.1, 0.15) is 24.5 Å². The van der Waals surface area contributed by atoms with Crippen LogP contribution in [0.5, 0.6) is 0 Å². The first-order chi connectivity index (χ1) is 10.5. The Morgan fingerprint density at radius 3 is 2.64 bits per heavy atom. The minimum Gasteiger partial charge on any atom is -0.453 e. The molecule has 0 aliphatic carbocycles. The number of benzene rings is 2. The maximum Gasteiger partial charge on any atom is 0.329 e. The highest BCUT2D eigenvalue weighted by molar-refractivity contribution is 6.30. The molecule has 1 fully saturated rings. The van der Waals surface area contributed by atoms with E-state index in [2.05, 4.69) is 5.32 Å². The average Bonchev–Trinajstić information content (AvgIpc) is 2.79. The summed E-state index contributed by atoms with van der Waals surface area (Å²) in [6.45, 7) is 3.92. The lowest BCUT2D eigenvalue weighted by Crippen LogP contribution is -2.25. The summed E-state index contributed by atoms with van der Waals surface area (Å²) in [6, 6.07) is 15.1. The van der Waals surface area contributed by atoms with E-state index in [0.29, 0.717) is 11.4 Å². The molecule has 0 bridgehead atoms. The Morgan fingerprint density at radius 2 is 1.95 bits per heavy atom. The van der Waals surface area contributed by atoms with E-state index in [9.17, 15) is 4.79 Å². The first kappa shape index (κ1) is 14.9. The Balaban J connectivity index is 1.80. The summed E-state index contributed by atoms with van der Waals surface area (Å²) < 4.78 is 5.66. The molecule has 2 unspecified atom stereocenters. The number of carbonyl (C=O) groups is 1. The lowest BCUT2D eigenvalue weighted by molar-refractivity contribution is -0.148. The lowest BCUT2D eigenvalue weighted by atomic mass is 9.91. The third-order valence-electron chi connectivity index (χ3n) is 4.11. The number of cyclic esters (lactones) is 1. The number of halogens is 1. The first-order valence-electron chi connectivity index (χ1n) is 7.29. The summed E-state index contributed by atoms with van der Waals surface area (Å²) in [6.07, 6.45) is 0.595. The van der Waals surface area contributed by atoms with E-state index in [1.54, 1.807) is 0 Å². The van der Waals surface area contributed by atoms with Gasteiger partial charge in [0, 0.05) is 17.1 Å². The summed E-state index contributed by atoms with van der Waals surface area (Å²) in [5.74, 6) is -0.222. The zero-order chi connectivity index (χ0) is 15.7. The molecule has 3 nitrogen and oxygen atoms in total. The van der Waals surface area contributed by atoms with Gasteiger partial charge in [-0.3, -0.25) is 0 Å². The van der Waals surface area contributed by atoms with Gasteiger partial charge >= 0.3 is 5.97 Å². The van der Waals surface area contributed by atoms with Crippen molar-refractivity contribution in [3.63, 3.8) is 0 Å². The van der Waals surface area contributed by atoms with Crippen LogP contribution in [0.25, 0.3) is 0 Å². The number of rotatable bonds is 3. The minimum atomic E-state index is -0.587. The molecule has 22 heavy (non-hydrogen) atoms. The van der Waals surface area contributed by atoms with Gasteiger partial charge in [0.25, 0.3) is 0 Å². The highest BCUT2D eigenvalue weighted by Gasteiger charge is 2.44. The monoisotopic (exact) mass is 315 g/mol. The van der Waals surface area contributed by atoms with Crippen molar-refractivity contribution in [2.24, 2.45) is 0 Å². The fourth-order valence-corrected chi connectivity index (χ4v) is 3.09. The highest BCUT2D eigenvalue weighted by Crippen LogP contribution is 2.37. The van der Waals surface area contributed by atoms with Crippen LogP contribution in [0.3, 0.4) is 0 Å². The molecule has 0 aromatic heterocycles. The van der Waals surface area contributed by atoms with E-state index in [4.69, 9.17) is 16.3 Å².